The molecule has 121 heavy (non-hydrogen) atoms. The van der Waals surface area contributed by atoms with Gasteiger partial charge in [-0.3, -0.25) is 39.1 Å². The molecule has 0 bridgehead atoms. The van der Waals surface area contributed by atoms with E-state index in [9.17, 15) is 29.7 Å². The van der Waals surface area contributed by atoms with Crippen molar-refractivity contribution in [3.05, 3.63) is 379 Å². The maximum absolute atomic E-state index is 11.5. The third kappa shape index (κ3) is 30.7. The zero-order valence-corrected chi connectivity index (χ0v) is 70.4. The molecule has 20 nitrogen and oxygen atoms in total. The molecule has 12 aromatic rings. The first-order valence-corrected chi connectivity index (χ1v) is 40.9. The summed E-state index contributed by atoms with van der Waals surface area (Å²) in [5.41, 5.74) is 38.2. The molecule has 0 radical (unpaired) electrons. The van der Waals surface area contributed by atoms with E-state index in [1.165, 1.54) is 33.4 Å². The van der Waals surface area contributed by atoms with E-state index in [1.54, 1.807) is 18.6 Å². The number of carboxylic acids is 3. The average molecular weight is 1630 g/mol. The molecule has 0 saturated carbocycles. The van der Waals surface area contributed by atoms with Crippen molar-refractivity contribution in [2.24, 2.45) is 17.2 Å². The number of hydrogen-bond donors (Lipinski definition) is 6. The summed E-state index contributed by atoms with van der Waals surface area (Å²) in [6.45, 7) is 21.8. The van der Waals surface area contributed by atoms with Gasteiger partial charge in [0.25, 0.3) is 0 Å². The van der Waals surface area contributed by atoms with Crippen molar-refractivity contribution in [3.63, 3.8) is 0 Å². The summed E-state index contributed by atoms with van der Waals surface area (Å²) in [6, 6.07) is 82.4. The van der Waals surface area contributed by atoms with Gasteiger partial charge in [-0.2, -0.15) is 0 Å². The SMILES string of the molecule is Cc1cccc(COc2ccccc2CN(CC[C@H](N)C(=O)O)Cc2cccc(C)c2OCc2cccc(C)c2)c1.Cc1cccc(COc2ccccc2CN(CC[C@H](N)C(=O)O)Cc2cnccc2OCc2cccc(C)c2)c1.Cc1cccc(COc2ccccc2CN(CC[C@H](N)C(=O)O)Cc2ncccc2OCc2cccc(C)c2)c1. The van der Waals surface area contributed by atoms with Gasteiger partial charge >= 0.3 is 17.9 Å². The van der Waals surface area contributed by atoms with Crippen molar-refractivity contribution in [2.45, 2.75) is 165 Å². The lowest BCUT2D eigenvalue weighted by atomic mass is 10.1. The van der Waals surface area contributed by atoms with Crippen LogP contribution in [0.4, 0.5) is 0 Å². The zero-order valence-electron chi connectivity index (χ0n) is 70.4. The van der Waals surface area contributed by atoms with E-state index < -0.39 is 36.0 Å². The molecule has 2 aromatic heterocycles. The third-order valence-corrected chi connectivity index (χ3v) is 20.3. The van der Waals surface area contributed by atoms with Gasteiger partial charge in [-0.05, 0) is 143 Å². The van der Waals surface area contributed by atoms with Crippen molar-refractivity contribution in [3.8, 4) is 34.5 Å². The normalized spacial score (nSPS) is 11.8. The van der Waals surface area contributed by atoms with Gasteiger partial charge in [0.1, 0.15) is 92.3 Å². The predicted octanol–water partition coefficient (Wildman–Crippen LogP) is 17.9. The Kier molecular flexibility index (Phi) is 35.5. The Balaban J connectivity index is 0.000000190. The zero-order chi connectivity index (χ0) is 85.8. The van der Waals surface area contributed by atoms with E-state index in [-0.39, 0.29) is 0 Å². The highest BCUT2D eigenvalue weighted by Crippen LogP contribution is 2.32. The lowest BCUT2D eigenvalue weighted by molar-refractivity contribution is -0.139. The van der Waals surface area contributed by atoms with Gasteiger partial charge < -0.3 is 60.9 Å². The molecular weight excluding hydrogens is 1520 g/mol. The number of nitrogens with two attached hydrogens (primary N) is 3. The third-order valence-electron chi connectivity index (χ3n) is 20.3. The summed E-state index contributed by atoms with van der Waals surface area (Å²) in [4.78, 5) is 49.8. The van der Waals surface area contributed by atoms with E-state index in [0.717, 1.165) is 101 Å². The molecule has 10 aromatic carbocycles. The van der Waals surface area contributed by atoms with Crippen LogP contribution < -0.4 is 45.6 Å². The molecule has 0 saturated heterocycles. The van der Waals surface area contributed by atoms with Crippen LogP contribution in [0.15, 0.2) is 273 Å². The molecular formula is C101H114N8O12. The van der Waals surface area contributed by atoms with Crippen LogP contribution in [0.2, 0.25) is 0 Å². The van der Waals surface area contributed by atoms with Crippen LogP contribution in [0.5, 0.6) is 34.5 Å². The fourth-order valence-corrected chi connectivity index (χ4v) is 13.9. The molecule has 0 aliphatic rings. The first-order valence-electron chi connectivity index (χ1n) is 40.9. The first kappa shape index (κ1) is 90.8. The molecule has 0 amide bonds. The summed E-state index contributed by atoms with van der Waals surface area (Å²) in [7, 11) is 0. The van der Waals surface area contributed by atoms with E-state index in [2.05, 4.69) is 175 Å². The Morgan fingerprint density at radius 1 is 0.314 bits per heavy atom. The average Bonchev–Trinajstić information content (AvgIpc) is 0.849. The topological polar surface area (TPSA) is 281 Å². The first-order chi connectivity index (χ1) is 58.5. The predicted molar refractivity (Wildman–Crippen MR) is 475 cm³/mol. The Hall–Kier alpha value is -12.5. The number of aryl methyl sites for hydroxylation is 7. The quantitative estimate of drug-likeness (QED) is 0.0207. The Morgan fingerprint density at radius 2 is 0.603 bits per heavy atom. The molecule has 0 aliphatic heterocycles. The maximum atomic E-state index is 11.5. The number of ether oxygens (including phenoxy) is 6. The molecule has 0 spiro atoms. The molecule has 0 fully saturated rings. The second kappa shape index (κ2) is 47.3. The summed E-state index contributed by atoms with van der Waals surface area (Å²) < 4.78 is 37.5. The summed E-state index contributed by atoms with van der Waals surface area (Å²) >= 11 is 0. The lowest BCUT2D eigenvalue weighted by Gasteiger charge is -2.26. The number of carboxylic acid groups (broad SMARTS) is 3. The number of hydrogen-bond acceptors (Lipinski definition) is 17. The van der Waals surface area contributed by atoms with Crippen LogP contribution in [-0.4, -0.2) is 95.7 Å². The van der Waals surface area contributed by atoms with Crippen molar-refractivity contribution < 1.29 is 58.1 Å². The number of para-hydroxylation sites is 4. The monoisotopic (exact) mass is 1630 g/mol. The molecule has 0 unspecified atom stereocenters. The van der Waals surface area contributed by atoms with Crippen LogP contribution in [0, 0.1) is 48.5 Å². The molecule has 12 rings (SSSR count). The van der Waals surface area contributed by atoms with Gasteiger partial charge in [0.15, 0.2) is 0 Å². The highest BCUT2D eigenvalue weighted by Gasteiger charge is 2.23. The molecule has 20 heteroatoms. The van der Waals surface area contributed by atoms with Crippen LogP contribution in [0.1, 0.15) is 125 Å². The largest absolute Gasteiger partial charge is 0.489 e. The summed E-state index contributed by atoms with van der Waals surface area (Å²) in [5.74, 6) is 1.66. The summed E-state index contributed by atoms with van der Waals surface area (Å²) in [5, 5.41) is 28.1. The van der Waals surface area contributed by atoms with Crippen LogP contribution in [-0.2, 0) is 93.3 Å². The van der Waals surface area contributed by atoms with Crippen molar-refractivity contribution >= 4 is 17.9 Å². The molecule has 630 valence electrons. The number of aromatic nitrogens is 2. The van der Waals surface area contributed by atoms with Gasteiger partial charge in [0.2, 0.25) is 0 Å². The maximum Gasteiger partial charge on any atom is 0.320 e. The number of aliphatic carboxylic acids is 3. The van der Waals surface area contributed by atoms with E-state index in [1.807, 2.05) is 153 Å². The standard InChI is InChI=1S/C35H40N2O4.2C33H37N3O4/c1-25-9-6-12-28(19-25)23-40-33-16-5-4-14-30(33)21-37(18-17-32(36)35(38)39)22-31-15-8-11-27(3)34(31)41-24-29-13-7-10-26(2)20-29;1-24-8-5-10-26(18-24)22-39-31-13-4-3-12-28(31)20-36(17-15-29(34)33(37)38)21-30-32(14-7-16-35-30)40-23-27-11-6-9-25(2)19-27;1-24-7-5-9-26(17-24)22-39-31-12-4-3-11-28(31)20-36(16-14-30(34)33(37)38)21-29-19-35-15-13-32(29)40-23-27-10-6-8-25(2)18-27/h4-16,19-20,32H,17-18,21-24,36H2,1-3H3,(H,38,39);3-14,16,18-19,29H,15,17,20-23,34H2,1-2H3,(H,37,38);3-13,15,17-19,30H,14,16,20-23,34H2,1-2H3,(H,37,38)/t32-;29-;30-/m000/s1. The molecule has 3 atom stereocenters. The van der Waals surface area contributed by atoms with E-state index in [0.29, 0.717) is 124 Å². The van der Waals surface area contributed by atoms with Crippen molar-refractivity contribution in [2.75, 3.05) is 19.6 Å². The molecule has 0 aliphatic carbocycles. The fraction of sp³-hybridized carbons (Fsp3) is 0.277. The number of carbonyl (C=O) groups is 3. The Morgan fingerprint density at radius 3 is 0.959 bits per heavy atom. The van der Waals surface area contributed by atoms with Gasteiger partial charge in [0.05, 0.1) is 5.69 Å². The van der Waals surface area contributed by atoms with E-state index >= 15 is 0 Å². The highest BCUT2D eigenvalue weighted by molar-refractivity contribution is 5.73. The summed E-state index contributed by atoms with van der Waals surface area (Å²) in [6.07, 6.45) is 6.20. The van der Waals surface area contributed by atoms with Crippen molar-refractivity contribution in [1.82, 2.24) is 24.7 Å². The second-order valence-electron chi connectivity index (χ2n) is 30.8. The lowest BCUT2D eigenvalue weighted by Crippen LogP contribution is -2.35. The second-order valence-corrected chi connectivity index (χ2v) is 30.8. The van der Waals surface area contributed by atoms with Crippen LogP contribution in [0.25, 0.3) is 0 Å². The van der Waals surface area contributed by atoms with Crippen molar-refractivity contribution in [1.29, 1.82) is 0 Å². The Labute approximate surface area is 712 Å². The van der Waals surface area contributed by atoms with Gasteiger partial charge in [-0.25, -0.2) is 0 Å². The number of rotatable bonds is 42. The number of nitrogens with zero attached hydrogens (tertiary/aromatic N) is 5. The molecule has 9 N–H and O–H groups in total. The number of benzene rings is 10. The Bertz CT molecular complexity index is 4890. The minimum absolute atomic E-state index is 0.300. The van der Waals surface area contributed by atoms with Crippen LogP contribution in [0.3, 0.4) is 0 Å². The molecule has 2 heterocycles. The fourth-order valence-electron chi connectivity index (χ4n) is 13.9. The minimum atomic E-state index is -1.01. The highest BCUT2D eigenvalue weighted by atomic mass is 16.5. The minimum Gasteiger partial charge on any atom is -0.489 e. The van der Waals surface area contributed by atoms with Gasteiger partial charge in [-0.15, -0.1) is 0 Å². The smallest absolute Gasteiger partial charge is 0.320 e. The van der Waals surface area contributed by atoms with Crippen LogP contribution >= 0.6 is 0 Å². The van der Waals surface area contributed by atoms with E-state index in [4.69, 9.17) is 45.6 Å². The number of pyridine rings is 2. The van der Waals surface area contributed by atoms with Gasteiger partial charge in [0, 0.05) is 105 Å². The van der Waals surface area contributed by atoms with Gasteiger partial charge in [-0.1, -0.05) is 252 Å².